The summed E-state index contributed by atoms with van der Waals surface area (Å²) in [6.45, 7) is 1.80. The van der Waals surface area contributed by atoms with Crippen molar-refractivity contribution >= 4 is 29.5 Å². The van der Waals surface area contributed by atoms with E-state index >= 15 is 0 Å². The minimum Gasteiger partial charge on any atom is -0.356 e. The highest BCUT2D eigenvalue weighted by Crippen LogP contribution is 2.20. The Morgan fingerprint density at radius 1 is 1.30 bits per heavy atom. The van der Waals surface area contributed by atoms with Crippen molar-refractivity contribution < 1.29 is 13.8 Å². The van der Waals surface area contributed by atoms with E-state index in [0.717, 1.165) is 16.7 Å². The molecule has 3 rings (SSSR count). The number of carbonyl (C=O) groups excluding carboxylic acids is 1. The average Bonchev–Trinajstić information content (AvgIpc) is 3.16. The molecule has 1 atom stereocenters. The Morgan fingerprint density at radius 2 is 2.13 bits per heavy atom. The van der Waals surface area contributed by atoms with Crippen LogP contribution in [-0.4, -0.2) is 27.0 Å². The van der Waals surface area contributed by atoms with Gasteiger partial charge in [-0.15, -0.1) is 0 Å². The van der Waals surface area contributed by atoms with Gasteiger partial charge in [-0.3, -0.25) is 4.79 Å². The summed E-state index contributed by atoms with van der Waals surface area (Å²) in [4.78, 5) is 15.9. The highest BCUT2D eigenvalue weighted by molar-refractivity contribution is 7.80. The first kappa shape index (κ1) is 15.5. The first-order valence-corrected chi connectivity index (χ1v) is 7.86. The van der Waals surface area contributed by atoms with E-state index in [1.54, 1.807) is 6.92 Å². The van der Waals surface area contributed by atoms with Crippen molar-refractivity contribution in [2.24, 2.45) is 0 Å². The molecule has 2 heterocycles. The van der Waals surface area contributed by atoms with Gasteiger partial charge in [0.15, 0.2) is 11.4 Å². The summed E-state index contributed by atoms with van der Waals surface area (Å²) in [7, 11) is 0. The van der Waals surface area contributed by atoms with Gasteiger partial charge in [0.05, 0.1) is 12.5 Å². The maximum atomic E-state index is 11.6. The molecule has 3 aromatic rings. The van der Waals surface area contributed by atoms with Gasteiger partial charge in [0, 0.05) is 11.8 Å². The number of carbonyl (C=O) groups is 1. The number of para-hydroxylation sites is 1. The van der Waals surface area contributed by atoms with Crippen molar-refractivity contribution in [2.45, 2.75) is 25.8 Å². The molecule has 0 saturated carbocycles. The standard InChI is InChI=1S/C15H16N4O3S/c1-9(16-13(20)6-7-23)15-17-14(22-19-15)8-11-10-4-2-3-5-12(10)21-18-11/h2-5,9,23H,6-8H2,1H3,(H,16,20). The number of benzene rings is 1. The zero-order valence-electron chi connectivity index (χ0n) is 12.5. The summed E-state index contributed by atoms with van der Waals surface area (Å²) in [5, 5.41) is 11.7. The van der Waals surface area contributed by atoms with Gasteiger partial charge in [-0.05, 0) is 24.8 Å². The molecule has 0 bridgehead atoms. The van der Waals surface area contributed by atoms with Crippen LogP contribution in [-0.2, 0) is 11.2 Å². The van der Waals surface area contributed by atoms with Crippen molar-refractivity contribution in [2.75, 3.05) is 5.75 Å². The van der Waals surface area contributed by atoms with Crippen LogP contribution >= 0.6 is 12.6 Å². The number of nitrogens with one attached hydrogen (secondary N) is 1. The highest BCUT2D eigenvalue weighted by Gasteiger charge is 2.17. The fraction of sp³-hybridized carbons (Fsp3) is 0.333. The van der Waals surface area contributed by atoms with Gasteiger partial charge >= 0.3 is 0 Å². The maximum absolute atomic E-state index is 11.6. The number of fused-ring (bicyclic) bond motifs is 1. The van der Waals surface area contributed by atoms with E-state index in [9.17, 15) is 4.79 Å². The largest absolute Gasteiger partial charge is 0.356 e. The molecular weight excluding hydrogens is 316 g/mol. The topological polar surface area (TPSA) is 94.1 Å². The van der Waals surface area contributed by atoms with E-state index in [2.05, 4.69) is 33.2 Å². The number of hydrogen-bond acceptors (Lipinski definition) is 7. The summed E-state index contributed by atoms with van der Waals surface area (Å²) in [6.07, 6.45) is 0.727. The van der Waals surface area contributed by atoms with Gasteiger partial charge in [-0.1, -0.05) is 22.4 Å². The number of aromatic nitrogens is 3. The average molecular weight is 332 g/mol. The Morgan fingerprint density at radius 3 is 2.96 bits per heavy atom. The minimum atomic E-state index is -0.325. The Labute approximate surface area is 137 Å². The van der Waals surface area contributed by atoms with Crippen LogP contribution in [0.15, 0.2) is 33.3 Å². The van der Waals surface area contributed by atoms with Gasteiger partial charge in [-0.25, -0.2) is 0 Å². The lowest BCUT2D eigenvalue weighted by Gasteiger charge is -2.08. The second kappa shape index (κ2) is 6.82. The van der Waals surface area contributed by atoms with Crippen molar-refractivity contribution in [3.05, 3.63) is 41.7 Å². The van der Waals surface area contributed by atoms with Crippen molar-refractivity contribution in [3.63, 3.8) is 0 Å². The summed E-state index contributed by atoms with van der Waals surface area (Å²) < 4.78 is 10.5. The third kappa shape index (κ3) is 3.53. The number of hydrogen-bond donors (Lipinski definition) is 2. The van der Waals surface area contributed by atoms with E-state index in [1.165, 1.54) is 0 Å². The Balaban J connectivity index is 1.71. The van der Waals surface area contributed by atoms with Crippen LogP contribution in [0.2, 0.25) is 0 Å². The van der Waals surface area contributed by atoms with Crippen LogP contribution in [0.4, 0.5) is 0 Å². The zero-order valence-corrected chi connectivity index (χ0v) is 13.4. The van der Waals surface area contributed by atoms with Crippen LogP contribution in [0, 0.1) is 0 Å². The number of amides is 1. The predicted octanol–water partition coefficient (Wildman–Crippen LogP) is 2.30. The lowest BCUT2D eigenvalue weighted by atomic mass is 10.2. The fourth-order valence-corrected chi connectivity index (χ4v) is 2.41. The molecule has 1 unspecified atom stereocenters. The van der Waals surface area contributed by atoms with Crippen LogP contribution in [0.5, 0.6) is 0 Å². The van der Waals surface area contributed by atoms with Crippen LogP contribution < -0.4 is 5.32 Å². The third-order valence-electron chi connectivity index (χ3n) is 3.36. The molecule has 2 aromatic heterocycles. The number of thiol groups is 1. The van der Waals surface area contributed by atoms with E-state index in [0.29, 0.717) is 30.3 Å². The second-order valence-electron chi connectivity index (χ2n) is 5.11. The Bertz CT molecular complexity index is 814. The molecule has 0 aliphatic rings. The van der Waals surface area contributed by atoms with Gasteiger partial charge in [-0.2, -0.15) is 17.6 Å². The number of rotatable bonds is 6. The first-order valence-electron chi connectivity index (χ1n) is 7.23. The molecule has 7 nitrogen and oxygen atoms in total. The van der Waals surface area contributed by atoms with E-state index in [4.69, 9.17) is 9.05 Å². The molecule has 0 fully saturated rings. The van der Waals surface area contributed by atoms with Crippen molar-refractivity contribution in [1.82, 2.24) is 20.6 Å². The molecule has 1 aromatic carbocycles. The minimum absolute atomic E-state index is 0.0960. The molecule has 120 valence electrons. The summed E-state index contributed by atoms with van der Waals surface area (Å²) in [5.74, 6) is 1.26. The maximum Gasteiger partial charge on any atom is 0.232 e. The van der Waals surface area contributed by atoms with Crippen molar-refractivity contribution in [1.29, 1.82) is 0 Å². The van der Waals surface area contributed by atoms with Gasteiger partial charge in [0.2, 0.25) is 11.8 Å². The molecule has 0 aliphatic carbocycles. The van der Waals surface area contributed by atoms with E-state index < -0.39 is 0 Å². The molecular formula is C15H16N4O3S. The van der Waals surface area contributed by atoms with E-state index in [1.807, 2.05) is 24.3 Å². The smallest absolute Gasteiger partial charge is 0.232 e. The Kier molecular flexibility index (Phi) is 4.61. The molecule has 0 radical (unpaired) electrons. The van der Waals surface area contributed by atoms with Crippen LogP contribution in [0.3, 0.4) is 0 Å². The van der Waals surface area contributed by atoms with Gasteiger partial charge in [0.25, 0.3) is 0 Å². The zero-order chi connectivity index (χ0) is 16.2. The quantitative estimate of drug-likeness (QED) is 0.673. The normalized spacial score (nSPS) is 12.4. The Hall–Kier alpha value is -2.35. The fourth-order valence-electron chi connectivity index (χ4n) is 2.20. The summed E-state index contributed by atoms with van der Waals surface area (Å²) >= 11 is 4.03. The van der Waals surface area contributed by atoms with Gasteiger partial charge < -0.3 is 14.4 Å². The monoisotopic (exact) mass is 332 g/mol. The summed E-state index contributed by atoms with van der Waals surface area (Å²) in [6, 6.07) is 7.26. The molecule has 1 N–H and O–H groups in total. The lowest BCUT2D eigenvalue weighted by molar-refractivity contribution is -0.121. The predicted molar refractivity (Wildman–Crippen MR) is 86.1 cm³/mol. The molecule has 8 heteroatoms. The lowest BCUT2D eigenvalue weighted by Crippen LogP contribution is -2.27. The molecule has 23 heavy (non-hydrogen) atoms. The second-order valence-corrected chi connectivity index (χ2v) is 5.56. The molecule has 0 spiro atoms. The van der Waals surface area contributed by atoms with Crippen molar-refractivity contribution in [3.8, 4) is 0 Å². The van der Waals surface area contributed by atoms with Crippen LogP contribution in [0.1, 0.15) is 36.8 Å². The third-order valence-corrected chi connectivity index (χ3v) is 3.58. The highest BCUT2D eigenvalue weighted by atomic mass is 32.1. The first-order chi connectivity index (χ1) is 11.2. The van der Waals surface area contributed by atoms with Gasteiger partial charge in [0.1, 0.15) is 5.69 Å². The molecule has 1 amide bonds. The van der Waals surface area contributed by atoms with Crippen LogP contribution in [0.25, 0.3) is 11.0 Å². The SMILES string of the molecule is CC(NC(=O)CCS)c1noc(Cc2noc3ccccc23)n1. The van der Waals surface area contributed by atoms with E-state index in [-0.39, 0.29) is 11.9 Å². The summed E-state index contributed by atoms with van der Waals surface area (Å²) in [5.41, 5.74) is 1.46. The molecule has 0 aliphatic heterocycles. The molecule has 0 saturated heterocycles. The number of nitrogens with zero attached hydrogens (tertiary/aromatic N) is 3.